The molecule has 1 aromatic rings. The fraction of sp³-hybridized carbons (Fsp3) is 0.429. The Morgan fingerprint density at radius 3 is 2.89 bits per heavy atom. The van der Waals surface area contributed by atoms with Gasteiger partial charge >= 0.3 is 0 Å². The van der Waals surface area contributed by atoms with E-state index < -0.39 is 11.7 Å². The van der Waals surface area contributed by atoms with Crippen LogP contribution in [0.25, 0.3) is 0 Å². The van der Waals surface area contributed by atoms with Crippen molar-refractivity contribution in [2.45, 2.75) is 19.8 Å². The molecule has 2 rings (SSSR count). The second-order valence-electron chi connectivity index (χ2n) is 4.65. The molecule has 0 spiro atoms. The average Bonchev–Trinajstić information content (AvgIpc) is 2.78. The molecule has 1 aliphatic rings. The van der Waals surface area contributed by atoms with Crippen LogP contribution in [-0.2, 0) is 9.59 Å². The number of carbonyl (C=O) groups is 2. The molecule has 1 fully saturated rings. The van der Waals surface area contributed by atoms with E-state index in [1.807, 2.05) is 6.92 Å². The van der Waals surface area contributed by atoms with Crippen molar-refractivity contribution in [1.29, 1.82) is 0 Å². The van der Waals surface area contributed by atoms with Gasteiger partial charge in [-0.1, -0.05) is 19.1 Å². The van der Waals surface area contributed by atoms with Gasteiger partial charge in [-0.2, -0.15) is 0 Å². The Morgan fingerprint density at radius 1 is 1.47 bits per heavy atom. The van der Waals surface area contributed by atoms with Gasteiger partial charge in [0.25, 0.3) is 0 Å². The van der Waals surface area contributed by atoms with Gasteiger partial charge in [0.15, 0.2) is 0 Å². The highest BCUT2D eigenvalue weighted by atomic mass is 19.1. The van der Waals surface area contributed by atoms with Crippen LogP contribution in [0, 0.1) is 11.7 Å². The molecule has 102 valence electrons. The molecule has 5 heteroatoms. The Balaban J connectivity index is 2.08. The van der Waals surface area contributed by atoms with Crippen molar-refractivity contribution in [3.05, 3.63) is 30.1 Å². The van der Waals surface area contributed by atoms with Crippen LogP contribution in [0.15, 0.2) is 24.3 Å². The van der Waals surface area contributed by atoms with Crippen molar-refractivity contribution >= 4 is 17.5 Å². The molecule has 1 aromatic carbocycles. The van der Waals surface area contributed by atoms with Crippen molar-refractivity contribution in [1.82, 2.24) is 5.32 Å². The number of carbonyl (C=O) groups excluding carboxylic acids is 2. The summed E-state index contributed by atoms with van der Waals surface area (Å²) in [5.74, 6) is -1.17. The minimum atomic E-state index is -0.439. The van der Waals surface area contributed by atoms with E-state index in [9.17, 15) is 14.0 Å². The van der Waals surface area contributed by atoms with E-state index in [1.54, 1.807) is 18.2 Å². The lowest BCUT2D eigenvalue weighted by atomic mass is 10.1. The second-order valence-corrected chi connectivity index (χ2v) is 4.65. The highest BCUT2D eigenvalue weighted by molar-refractivity contribution is 6.00. The van der Waals surface area contributed by atoms with E-state index in [0.29, 0.717) is 6.54 Å². The van der Waals surface area contributed by atoms with Gasteiger partial charge in [0.2, 0.25) is 11.8 Å². The van der Waals surface area contributed by atoms with Crippen LogP contribution < -0.4 is 10.2 Å². The summed E-state index contributed by atoms with van der Waals surface area (Å²) < 4.78 is 13.7. The minimum Gasteiger partial charge on any atom is -0.356 e. The lowest BCUT2D eigenvalue weighted by Crippen LogP contribution is -2.33. The number of benzene rings is 1. The predicted molar refractivity (Wildman–Crippen MR) is 70.2 cm³/mol. The number of hydrogen-bond acceptors (Lipinski definition) is 2. The lowest BCUT2D eigenvalue weighted by Gasteiger charge is -2.17. The standard InChI is InChI=1S/C14H17FN2O2/c1-2-7-16-14(19)10-8-13(18)17(9-10)12-6-4-3-5-11(12)15/h3-6,10H,2,7-9H2,1H3,(H,16,19). The third-order valence-electron chi connectivity index (χ3n) is 3.19. The molecule has 0 bridgehead atoms. The molecule has 0 saturated carbocycles. The van der Waals surface area contributed by atoms with Crippen LogP contribution in [-0.4, -0.2) is 24.9 Å². The number of nitrogens with zero attached hydrogens (tertiary/aromatic N) is 1. The lowest BCUT2D eigenvalue weighted by molar-refractivity contribution is -0.126. The molecule has 4 nitrogen and oxygen atoms in total. The molecule has 1 saturated heterocycles. The van der Waals surface area contributed by atoms with Crippen LogP contribution in [0.5, 0.6) is 0 Å². The zero-order chi connectivity index (χ0) is 13.8. The number of amides is 2. The molecule has 19 heavy (non-hydrogen) atoms. The highest BCUT2D eigenvalue weighted by Gasteiger charge is 2.35. The molecule has 1 heterocycles. The van der Waals surface area contributed by atoms with E-state index in [0.717, 1.165) is 6.42 Å². The maximum absolute atomic E-state index is 13.7. The topological polar surface area (TPSA) is 49.4 Å². The summed E-state index contributed by atoms with van der Waals surface area (Å²) in [4.78, 5) is 25.1. The number of nitrogens with one attached hydrogen (secondary N) is 1. The Hall–Kier alpha value is -1.91. The van der Waals surface area contributed by atoms with Crippen molar-refractivity contribution in [2.24, 2.45) is 5.92 Å². The molecular weight excluding hydrogens is 247 g/mol. The number of rotatable bonds is 4. The van der Waals surface area contributed by atoms with Gasteiger partial charge in [-0.05, 0) is 18.6 Å². The molecule has 0 aliphatic carbocycles. The van der Waals surface area contributed by atoms with Gasteiger partial charge in [-0.25, -0.2) is 4.39 Å². The smallest absolute Gasteiger partial charge is 0.227 e. The molecule has 1 unspecified atom stereocenters. The van der Waals surface area contributed by atoms with Crippen LogP contribution in [0.4, 0.5) is 10.1 Å². The average molecular weight is 264 g/mol. The first kappa shape index (κ1) is 13.5. The Bertz CT molecular complexity index is 490. The SMILES string of the molecule is CCCNC(=O)C1CC(=O)N(c2ccccc2F)C1. The summed E-state index contributed by atoms with van der Waals surface area (Å²) >= 11 is 0. The van der Waals surface area contributed by atoms with Crippen molar-refractivity contribution < 1.29 is 14.0 Å². The van der Waals surface area contributed by atoms with Gasteiger partial charge in [0.1, 0.15) is 5.82 Å². The fourth-order valence-corrected chi connectivity index (χ4v) is 2.18. The summed E-state index contributed by atoms with van der Waals surface area (Å²) in [7, 11) is 0. The van der Waals surface area contributed by atoms with E-state index in [4.69, 9.17) is 0 Å². The molecule has 0 aromatic heterocycles. The second kappa shape index (κ2) is 5.82. The van der Waals surface area contributed by atoms with Gasteiger partial charge in [0.05, 0.1) is 11.6 Å². The monoisotopic (exact) mass is 264 g/mol. The molecule has 2 amide bonds. The largest absolute Gasteiger partial charge is 0.356 e. The van der Waals surface area contributed by atoms with Gasteiger partial charge in [-0.15, -0.1) is 0 Å². The van der Waals surface area contributed by atoms with Crippen LogP contribution in [0.2, 0.25) is 0 Å². The van der Waals surface area contributed by atoms with Gasteiger partial charge < -0.3 is 10.2 Å². The first-order valence-electron chi connectivity index (χ1n) is 6.46. The summed E-state index contributed by atoms with van der Waals surface area (Å²) in [5, 5.41) is 2.77. The maximum Gasteiger partial charge on any atom is 0.227 e. The number of para-hydroxylation sites is 1. The van der Waals surface area contributed by atoms with Crippen molar-refractivity contribution in [3.63, 3.8) is 0 Å². The molecular formula is C14H17FN2O2. The quantitative estimate of drug-likeness (QED) is 0.900. The predicted octanol–water partition coefficient (Wildman–Crippen LogP) is 1.70. The number of anilines is 1. The fourth-order valence-electron chi connectivity index (χ4n) is 2.18. The van der Waals surface area contributed by atoms with E-state index in [1.165, 1.54) is 11.0 Å². The van der Waals surface area contributed by atoms with Gasteiger partial charge in [-0.3, -0.25) is 9.59 Å². The zero-order valence-electron chi connectivity index (χ0n) is 10.9. The Morgan fingerprint density at radius 2 is 2.21 bits per heavy atom. The molecule has 1 atom stereocenters. The summed E-state index contributed by atoms with van der Waals surface area (Å²) in [6.07, 6.45) is 0.993. The van der Waals surface area contributed by atoms with Crippen LogP contribution in [0.3, 0.4) is 0 Å². The minimum absolute atomic E-state index is 0.131. The van der Waals surface area contributed by atoms with Crippen molar-refractivity contribution in [3.8, 4) is 0 Å². The van der Waals surface area contributed by atoms with E-state index in [-0.39, 0.29) is 30.5 Å². The Labute approximate surface area is 111 Å². The normalized spacial score (nSPS) is 18.7. The molecule has 1 N–H and O–H groups in total. The number of halogens is 1. The van der Waals surface area contributed by atoms with Crippen LogP contribution >= 0.6 is 0 Å². The molecule has 0 radical (unpaired) electrons. The first-order chi connectivity index (χ1) is 9.13. The highest BCUT2D eigenvalue weighted by Crippen LogP contribution is 2.27. The zero-order valence-corrected chi connectivity index (χ0v) is 10.9. The third kappa shape index (κ3) is 2.92. The summed E-state index contributed by atoms with van der Waals surface area (Å²) in [5.41, 5.74) is 0.248. The number of hydrogen-bond donors (Lipinski definition) is 1. The maximum atomic E-state index is 13.7. The van der Waals surface area contributed by atoms with Crippen molar-refractivity contribution in [2.75, 3.05) is 18.0 Å². The van der Waals surface area contributed by atoms with Gasteiger partial charge in [0, 0.05) is 19.5 Å². The van der Waals surface area contributed by atoms with Crippen LogP contribution in [0.1, 0.15) is 19.8 Å². The van der Waals surface area contributed by atoms with E-state index >= 15 is 0 Å². The third-order valence-corrected chi connectivity index (χ3v) is 3.19. The summed E-state index contributed by atoms with van der Waals surface area (Å²) in [6.45, 7) is 2.81. The van der Waals surface area contributed by atoms with E-state index in [2.05, 4.69) is 5.32 Å². The Kier molecular flexibility index (Phi) is 4.14. The summed E-state index contributed by atoms with van der Waals surface area (Å²) in [6, 6.07) is 6.12. The molecule has 1 aliphatic heterocycles. The first-order valence-corrected chi connectivity index (χ1v) is 6.46.